The molecule has 9 nitrogen and oxygen atoms in total. The third kappa shape index (κ3) is 7.82. The molecule has 0 atom stereocenters. The number of hydrogen-bond acceptors (Lipinski definition) is 6. The summed E-state index contributed by atoms with van der Waals surface area (Å²) >= 11 is 0. The van der Waals surface area contributed by atoms with Gasteiger partial charge in [0, 0.05) is 17.8 Å². The second kappa shape index (κ2) is 11.0. The maximum Gasteiger partial charge on any atom is 0.408 e. The molecule has 3 N–H and O–H groups in total. The lowest BCUT2D eigenvalue weighted by Gasteiger charge is -2.19. The number of carbonyl (C=O) groups excluding carboxylic acids is 3. The molecular formula is C23H29N3O6. The maximum atomic E-state index is 12.5. The average molecular weight is 444 g/mol. The molecule has 0 heterocycles. The Kier molecular flexibility index (Phi) is 8.46. The number of nitrogens with one attached hydrogen (secondary N) is 3. The van der Waals surface area contributed by atoms with E-state index in [-0.39, 0.29) is 19.0 Å². The fraction of sp³-hybridized carbons (Fsp3) is 0.348. The van der Waals surface area contributed by atoms with E-state index in [1.807, 2.05) is 6.07 Å². The van der Waals surface area contributed by atoms with Crippen molar-refractivity contribution in [2.45, 2.75) is 32.9 Å². The minimum absolute atomic E-state index is 0.227. The van der Waals surface area contributed by atoms with E-state index in [9.17, 15) is 14.4 Å². The highest BCUT2D eigenvalue weighted by Gasteiger charge is 2.16. The van der Waals surface area contributed by atoms with Crippen molar-refractivity contribution in [1.82, 2.24) is 10.6 Å². The van der Waals surface area contributed by atoms with Gasteiger partial charge >= 0.3 is 6.09 Å². The highest BCUT2D eigenvalue weighted by molar-refractivity contribution is 5.95. The second-order valence-electron chi connectivity index (χ2n) is 7.86. The first-order valence-corrected chi connectivity index (χ1v) is 9.97. The van der Waals surface area contributed by atoms with E-state index in [4.69, 9.17) is 14.2 Å². The molecule has 0 bridgehead atoms. The molecular weight excluding hydrogens is 414 g/mol. The van der Waals surface area contributed by atoms with E-state index in [0.717, 1.165) is 5.56 Å². The number of carbonyl (C=O) groups is 3. The summed E-state index contributed by atoms with van der Waals surface area (Å²) in [4.78, 5) is 36.2. The van der Waals surface area contributed by atoms with E-state index in [1.54, 1.807) is 57.2 Å². The summed E-state index contributed by atoms with van der Waals surface area (Å²) in [5.41, 5.74) is 1.12. The van der Waals surface area contributed by atoms with Crippen LogP contribution < -0.4 is 25.4 Å². The summed E-state index contributed by atoms with van der Waals surface area (Å²) in [7, 11) is 3.03. The first kappa shape index (κ1) is 24.5. The molecule has 0 fully saturated rings. The van der Waals surface area contributed by atoms with Crippen LogP contribution in [0.1, 0.15) is 36.7 Å². The number of alkyl carbamates (subject to hydrolysis) is 1. The number of ether oxygens (including phenoxy) is 3. The molecule has 0 aliphatic heterocycles. The van der Waals surface area contributed by atoms with Crippen molar-refractivity contribution >= 4 is 23.6 Å². The van der Waals surface area contributed by atoms with Gasteiger partial charge in [-0.2, -0.15) is 0 Å². The van der Waals surface area contributed by atoms with Crippen LogP contribution in [0.5, 0.6) is 11.5 Å². The lowest BCUT2D eigenvalue weighted by molar-refractivity contribution is -0.115. The average Bonchev–Trinajstić information content (AvgIpc) is 2.74. The van der Waals surface area contributed by atoms with Crippen molar-refractivity contribution < 1.29 is 28.6 Å². The predicted molar refractivity (Wildman–Crippen MR) is 120 cm³/mol. The van der Waals surface area contributed by atoms with Crippen LogP contribution in [0.3, 0.4) is 0 Å². The fourth-order valence-electron chi connectivity index (χ4n) is 2.69. The topological polar surface area (TPSA) is 115 Å². The fourth-order valence-corrected chi connectivity index (χ4v) is 2.69. The first-order valence-electron chi connectivity index (χ1n) is 9.97. The van der Waals surface area contributed by atoms with Crippen LogP contribution in [0.2, 0.25) is 0 Å². The molecule has 9 heteroatoms. The van der Waals surface area contributed by atoms with E-state index in [2.05, 4.69) is 16.0 Å². The third-order valence-corrected chi connectivity index (χ3v) is 4.10. The molecule has 2 rings (SSSR count). The second-order valence-corrected chi connectivity index (χ2v) is 7.86. The lowest BCUT2D eigenvalue weighted by atomic mass is 10.1. The van der Waals surface area contributed by atoms with Crippen LogP contribution in [0.4, 0.5) is 10.5 Å². The number of benzene rings is 2. The number of methoxy groups -OCH3 is 2. The number of amides is 3. The van der Waals surface area contributed by atoms with Gasteiger partial charge in [0.1, 0.15) is 12.1 Å². The third-order valence-electron chi connectivity index (χ3n) is 4.10. The lowest BCUT2D eigenvalue weighted by Crippen LogP contribution is -2.37. The van der Waals surface area contributed by atoms with Crippen molar-refractivity contribution in [1.29, 1.82) is 0 Å². The molecule has 2 aromatic carbocycles. The Morgan fingerprint density at radius 2 is 1.62 bits per heavy atom. The Morgan fingerprint density at radius 3 is 2.28 bits per heavy atom. The van der Waals surface area contributed by atoms with Crippen LogP contribution in [0.15, 0.2) is 42.5 Å². The molecule has 3 amide bonds. The summed E-state index contributed by atoms with van der Waals surface area (Å²) in [6, 6.07) is 11.9. The van der Waals surface area contributed by atoms with Gasteiger partial charge in [-0.1, -0.05) is 12.1 Å². The summed E-state index contributed by atoms with van der Waals surface area (Å²) < 4.78 is 15.5. The molecule has 0 aliphatic rings. The Labute approximate surface area is 187 Å². The number of rotatable bonds is 8. The van der Waals surface area contributed by atoms with Gasteiger partial charge in [0.25, 0.3) is 5.91 Å². The van der Waals surface area contributed by atoms with Gasteiger partial charge in [-0.25, -0.2) is 4.79 Å². The van der Waals surface area contributed by atoms with E-state index in [1.165, 1.54) is 14.2 Å². The van der Waals surface area contributed by atoms with E-state index < -0.39 is 17.6 Å². The smallest absolute Gasteiger partial charge is 0.408 e. The predicted octanol–water partition coefficient (Wildman–Crippen LogP) is 3.10. The Bertz CT molecular complexity index is 968. The highest BCUT2D eigenvalue weighted by atomic mass is 16.6. The van der Waals surface area contributed by atoms with Crippen LogP contribution in [-0.4, -0.2) is 44.3 Å². The molecule has 172 valence electrons. The minimum Gasteiger partial charge on any atom is -0.493 e. The summed E-state index contributed by atoms with van der Waals surface area (Å²) in [6.07, 6.45) is -0.667. The molecule has 0 radical (unpaired) electrons. The molecule has 0 unspecified atom stereocenters. The molecule has 0 saturated heterocycles. The molecule has 0 saturated carbocycles. The van der Waals surface area contributed by atoms with Crippen molar-refractivity contribution in [3.05, 3.63) is 53.6 Å². The molecule has 32 heavy (non-hydrogen) atoms. The Balaban J connectivity index is 1.89. The molecule has 0 aliphatic carbocycles. The quantitative estimate of drug-likeness (QED) is 0.578. The zero-order valence-electron chi connectivity index (χ0n) is 18.9. The van der Waals surface area contributed by atoms with Crippen molar-refractivity contribution in [2.24, 2.45) is 0 Å². The van der Waals surface area contributed by atoms with Crippen molar-refractivity contribution in [2.75, 3.05) is 26.1 Å². The van der Waals surface area contributed by atoms with Gasteiger partial charge in [0.2, 0.25) is 5.91 Å². The van der Waals surface area contributed by atoms with Crippen LogP contribution in [0, 0.1) is 0 Å². The van der Waals surface area contributed by atoms with E-state index >= 15 is 0 Å². The van der Waals surface area contributed by atoms with Crippen LogP contribution >= 0.6 is 0 Å². The van der Waals surface area contributed by atoms with Crippen molar-refractivity contribution in [3.8, 4) is 11.5 Å². The zero-order valence-corrected chi connectivity index (χ0v) is 18.9. The standard InChI is InChI=1S/C23H29N3O6/c1-23(2,3)32-22(29)25-14-20(27)26-17-8-6-7-15(11-17)13-24-21(28)16-9-10-18(30-4)19(12-16)31-5/h6-12H,13-14H2,1-5H3,(H,24,28)(H,25,29)(H,26,27). The van der Waals surface area contributed by atoms with Gasteiger partial charge in [0.15, 0.2) is 11.5 Å². The minimum atomic E-state index is -0.667. The number of hydrogen-bond donors (Lipinski definition) is 3. The number of anilines is 1. The SMILES string of the molecule is COc1ccc(C(=O)NCc2cccc(NC(=O)CNC(=O)OC(C)(C)C)c2)cc1OC. The molecule has 2 aromatic rings. The zero-order chi connectivity index (χ0) is 23.7. The largest absolute Gasteiger partial charge is 0.493 e. The summed E-state index contributed by atoms with van der Waals surface area (Å²) in [6.45, 7) is 5.24. The van der Waals surface area contributed by atoms with E-state index in [0.29, 0.717) is 22.7 Å². The highest BCUT2D eigenvalue weighted by Crippen LogP contribution is 2.27. The van der Waals surface area contributed by atoms with Crippen molar-refractivity contribution in [3.63, 3.8) is 0 Å². The van der Waals surface area contributed by atoms with Gasteiger partial charge < -0.3 is 30.2 Å². The van der Waals surface area contributed by atoms with Gasteiger partial charge in [-0.15, -0.1) is 0 Å². The van der Waals surface area contributed by atoms with Crippen LogP contribution in [-0.2, 0) is 16.1 Å². The molecule has 0 aromatic heterocycles. The maximum absolute atomic E-state index is 12.5. The van der Waals surface area contributed by atoms with Gasteiger partial charge in [0.05, 0.1) is 14.2 Å². The van der Waals surface area contributed by atoms with Gasteiger partial charge in [-0.05, 0) is 56.7 Å². The van der Waals surface area contributed by atoms with Crippen LogP contribution in [0.25, 0.3) is 0 Å². The summed E-state index contributed by atoms with van der Waals surface area (Å²) in [5, 5.41) is 7.92. The Hall–Kier alpha value is -3.75. The van der Waals surface area contributed by atoms with Gasteiger partial charge in [-0.3, -0.25) is 9.59 Å². The summed E-state index contributed by atoms with van der Waals surface area (Å²) in [5.74, 6) is 0.322. The Morgan fingerprint density at radius 1 is 0.906 bits per heavy atom. The molecule has 0 spiro atoms. The first-order chi connectivity index (χ1) is 15.1. The monoisotopic (exact) mass is 443 g/mol. The normalized spacial score (nSPS) is 10.7.